The molecular formula is C7H6F3O2S. The molecular weight excluding hydrogens is 205 g/mol. The Morgan fingerprint density at radius 1 is 1.31 bits per heavy atom. The number of rotatable bonds is 1. The van der Waals surface area contributed by atoms with Gasteiger partial charge < -0.3 is 0 Å². The Balaban J connectivity index is 3.08. The smallest absolute Gasteiger partial charge is 0.214 e. The van der Waals surface area contributed by atoms with Gasteiger partial charge >= 0.3 is 5.51 Å². The van der Waals surface area contributed by atoms with Crippen molar-refractivity contribution in [1.82, 2.24) is 0 Å². The summed E-state index contributed by atoms with van der Waals surface area (Å²) in [6, 6.07) is 0. The SMILES string of the molecule is O=S(=O)(C1=C[CH]CC=C1)C(F)(F)F. The van der Waals surface area contributed by atoms with E-state index in [1.807, 2.05) is 0 Å². The first-order chi connectivity index (χ1) is 5.86. The van der Waals surface area contributed by atoms with Gasteiger partial charge in [0.25, 0.3) is 9.84 Å². The maximum atomic E-state index is 11.9. The van der Waals surface area contributed by atoms with Crippen molar-refractivity contribution in [1.29, 1.82) is 0 Å². The first-order valence-electron chi connectivity index (χ1n) is 3.37. The third-order valence-corrected chi connectivity index (χ3v) is 2.95. The molecule has 1 radical (unpaired) electrons. The van der Waals surface area contributed by atoms with Gasteiger partial charge in [0.05, 0.1) is 4.91 Å². The highest BCUT2D eigenvalue weighted by Gasteiger charge is 2.47. The van der Waals surface area contributed by atoms with Crippen molar-refractivity contribution in [3.63, 3.8) is 0 Å². The van der Waals surface area contributed by atoms with Crippen molar-refractivity contribution in [2.45, 2.75) is 11.9 Å². The maximum Gasteiger partial charge on any atom is 0.501 e. The standard InChI is InChI=1S/C7H6F3O2S/c8-7(9,10)13(11,12)6-4-2-1-3-5-6/h2-5H,1H2. The summed E-state index contributed by atoms with van der Waals surface area (Å²) in [5.74, 6) is 0. The molecule has 0 saturated heterocycles. The fourth-order valence-corrected chi connectivity index (χ4v) is 1.63. The number of allylic oxidation sites excluding steroid dienone is 3. The van der Waals surface area contributed by atoms with E-state index in [0.717, 1.165) is 12.2 Å². The molecule has 0 amide bonds. The third kappa shape index (κ3) is 1.93. The lowest BCUT2D eigenvalue weighted by Crippen LogP contribution is -2.24. The van der Waals surface area contributed by atoms with Crippen LogP contribution in [-0.4, -0.2) is 13.9 Å². The molecule has 2 nitrogen and oxygen atoms in total. The summed E-state index contributed by atoms with van der Waals surface area (Å²) >= 11 is 0. The van der Waals surface area contributed by atoms with Crippen molar-refractivity contribution in [2.75, 3.05) is 0 Å². The zero-order chi connectivity index (χ0) is 10.1. The van der Waals surface area contributed by atoms with Gasteiger partial charge in [0.15, 0.2) is 0 Å². The summed E-state index contributed by atoms with van der Waals surface area (Å²) in [5.41, 5.74) is -5.21. The lowest BCUT2D eigenvalue weighted by Gasteiger charge is -2.10. The van der Waals surface area contributed by atoms with Crippen LogP contribution in [0.25, 0.3) is 0 Å². The number of alkyl halides is 3. The van der Waals surface area contributed by atoms with E-state index in [4.69, 9.17) is 0 Å². The lowest BCUT2D eigenvalue weighted by molar-refractivity contribution is -0.0425. The molecule has 73 valence electrons. The second-order valence-corrected chi connectivity index (χ2v) is 4.33. The van der Waals surface area contributed by atoms with Crippen LogP contribution in [0, 0.1) is 6.42 Å². The van der Waals surface area contributed by atoms with Gasteiger partial charge in [-0.15, -0.1) is 0 Å². The molecule has 0 spiro atoms. The Morgan fingerprint density at radius 2 is 1.92 bits per heavy atom. The van der Waals surface area contributed by atoms with E-state index < -0.39 is 20.3 Å². The Labute approximate surface area is 73.7 Å². The van der Waals surface area contributed by atoms with Crippen molar-refractivity contribution < 1.29 is 21.6 Å². The van der Waals surface area contributed by atoms with Crippen LogP contribution in [0.1, 0.15) is 6.42 Å². The molecule has 0 aromatic heterocycles. The number of sulfone groups is 1. The first-order valence-corrected chi connectivity index (χ1v) is 4.85. The predicted molar refractivity (Wildman–Crippen MR) is 41.1 cm³/mol. The Kier molecular flexibility index (Phi) is 2.51. The normalized spacial score (nSPS) is 18.5. The average Bonchev–Trinajstić information content (AvgIpc) is 2.04. The maximum absolute atomic E-state index is 11.9. The van der Waals surface area contributed by atoms with Gasteiger partial charge in [-0.25, -0.2) is 8.42 Å². The summed E-state index contributed by atoms with van der Waals surface area (Å²) < 4.78 is 57.3. The van der Waals surface area contributed by atoms with E-state index in [0.29, 0.717) is 6.42 Å². The first kappa shape index (κ1) is 10.3. The quantitative estimate of drug-likeness (QED) is 0.664. The van der Waals surface area contributed by atoms with E-state index >= 15 is 0 Å². The lowest BCUT2D eigenvalue weighted by atomic mass is 10.2. The number of hydrogen-bond donors (Lipinski definition) is 0. The summed E-state index contributed by atoms with van der Waals surface area (Å²) in [4.78, 5) is -0.703. The van der Waals surface area contributed by atoms with Gasteiger partial charge in [0.2, 0.25) is 0 Å². The molecule has 0 atom stereocenters. The molecule has 0 N–H and O–H groups in total. The van der Waals surface area contributed by atoms with Crippen LogP contribution < -0.4 is 0 Å². The molecule has 6 heteroatoms. The minimum atomic E-state index is -5.21. The molecule has 1 aliphatic carbocycles. The highest BCUT2D eigenvalue weighted by molar-refractivity contribution is 7.96. The summed E-state index contributed by atoms with van der Waals surface area (Å²) in [6.45, 7) is 0. The largest absolute Gasteiger partial charge is 0.501 e. The molecule has 0 unspecified atom stereocenters. The van der Waals surface area contributed by atoms with Crippen LogP contribution in [0.2, 0.25) is 0 Å². The van der Waals surface area contributed by atoms with E-state index in [9.17, 15) is 21.6 Å². The van der Waals surface area contributed by atoms with Crippen LogP contribution in [0.5, 0.6) is 0 Å². The fourth-order valence-electron chi connectivity index (χ4n) is 0.815. The second-order valence-electron chi connectivity index (χ2n) is 2.39. The van der Waals surface area contributed by atoms with Crippen LogP contribution in [-0.2, 0) is 9.84 Å². The van der Waals surface area contributed by atoms with Gasteiger partial charge in [-0.2, -0.15) is 13.2 Å². The summed E-state index contributed by atoms with van der Waals surface area (Å²) in [5, 5.41) is 0. The Hall–Kier alpha value is -0.780. The molecule has 0 aromatic rings. The van der Waals surface area contributed by atoms with Gasteiger partial charge in [0.1, 0.15) is 0 Å². The van der Waals surface area contributed by atoms with Gasteiger partial charge in [-0.3, -0.25) is 0 Å². The number of halogens is 3. The van der Waals surface area contributed by atoms with E-state index in [1.54, 1.807) is 0 Å². The van der Waals surface area contributed by atoms with Crippen LogP contribution in [0.15, 0.2) is 23.1 Å². The highest BCUT2D eigenvalue weighted by Crippen LogP contribution is 2.31. The molecule has 0 saturated carbocycles. The molecule has 0 aromatic carbocycles. The average molecular weight is 211 g/mol. The zero-order valence-corrected chi connectivity index (χ0v) is 7.19. The minimum Gasteiger partial charge on any atom is -0.214 e. The van der Waals surface area contributed by atoms with Gasteiger partial charge in [-0.1, -0.05) is 12.2 Å². The fraction of sp³-hybridized carbons (Fsp3) is 0.286. The summed E-state index contributed by atoms with van der Waals surface area (Å²) in [6.07, 6.45) is 5.10. The van der Waals surface area contributed by atoms with Crippen molar-refractivity contribution in [3.8, 4) is 0 Å². The Bertz CT molecular complexity index is 348. The van der Waals surface area contributed by atoms with Crippen molar-refractivity contribution >= 4 is 9.84 Å². The van der Waals surface area contributed by atoms with Crippen LogP contribution in [0.4, 0.5) is 13.2 Å². The van der Waals surface area contributed by atoms with Crippen LogP contribution >= 0.6 is 0 Å². The predicted octanol–water partition coefficient (Wildman–Crippen LogP) is 1.97. The molecule has 0 bridgehead atoms. The molecule has 0 aliphatic heterocycles. The third-order valence-electron chi connectivity index (χ3n) is 1.45. The highest BCUT2D eigenvalue weighted by atomic mass is 32.2. The van der Waals surface area contributed by atoms with E-state index in [2.05, 4.69) is 0 Å². The molecule has 1 rings (SSSR count). The van der Waals surface area contributed by atoms with E-state index in [-0.39, 0.29) is 0 Å². The monoisotopic (exact) mass is 211 g/mol. The second kappa shape index (κ2) is 3.17. The topological polar surface area (TPSA) is 34.1 Å². The molecule has 0 fully saturated rings. The Morgan fingerprint density at radius 3 is 2.31 bits per heavy atom. The molecule has 0 heterocycles. The minimum absolute atomic E-state index is 0.455. The van der Waals surface area contributed by atoms with Crippen LogP contribution in [0.3, 0.4) is 0 Å². The zero-order valence-electron chi connectivity index (χ0n) is 6.38. The number of hydrogen-bond acceptors (Lipinski definition) is 2. The summed E-state index contributed by atoms with van der Waals surface area (Å²) in [7, 11) is -5.16. The molecule has 1 aliphatic rings. The van der Waals surface area contributed by atoms with Gasteiger partial charge in [-0.05, 0) is 18.9 Å². The van der Waals surface area contributed by atoms with Crippen molar-refractivity contribution in [3.05, 3.63) is 29.6 Å². The van der Waals surface area contributed by atoms with Gasteiger partial charge in [0, 0.05) is 0 Å². The molecule has 13 heavy (non-hydrogen) atoms. The van der Waals surface area contributed by atoms with E-state index in [1.165, 1.54) is 12.5 Å². The van der Waals surface area contributed by atoms with Crippen molar-refractivity contribution in [2.24, 2.45) is 0 Å².